The minimum absolute atomic E-state index is 0.0398. The van der Waals surface area contributed by atoms with Gasteiger partial charge in [-0.3, -0.25) is 14.4 Å². The highest BCUT2D eigenvalue weighted by Crippen LogP contribution is 2.30. The Hall–Kier alpha value is -1.54. The van der Waals surface area contributed by atoms with E-state index >= 15 is 0 Å². The van der Waals surface area contributed by atoms with Gasteiger partial charge in [0.2, 0.25) is 17.7 Å². The molecule has 0 aromatic heterocycles. The summed E-state index contributed by atoms with van der Waals surface area (Å²) in [5.74, 6) is -0.835. The van der Waals surface area contributed by atoms with Crippen LogP contribution in [0.2, 0.25) is 10.0 Å². The highest BCUT2D eigenvalue weighted by Gasteiger charge is 2.40. The van der Waals surface area contributed by atoms with Gasteiger partial charge in [0.1, 0.15) is 0 Å². The smallest absolute Gasteiger partial charge is 0.247 e. The van der Waals surface area contributed by atoms with Crippen molar-refractivity contribution in [2.45, 2.75) is 11.7 Å². The predicted molar refractivity (Wildman–Crippen MR) is 113 cm³/mol. The number of imide groups is 1. The molecule has 5 nitrogen and oxygen atoms in total. The molecule has 1 aliphatic heterocycles. The first kappa shape index (κ1) is 20.2. The summed E-state index contributed by atoms with van der Waals surface area (Å²) in [6, 6.07) is 11.7. The largest absolute Gasteiger partial charge is 0.325 e. The molecule has 2 aromatic carbocycles. The lowest BCUT2D eigenvalue weighted by atomic mass is 10.3. The van der Waals surface area contributed by atoms with Crippen LogP contribution in [0.1, 0.15) is 6.42 Å². The van der Waals surface area contributed by atoms with Gasteiger partial charge in [0.15, 0.2) is 0 Å². The maximum Gasteiger partial charge on any atom is 0.247 e. The molecule has 1 heterocycles. The lowest BCUT2D eigenvalue weighted by molar-refractivity contribution is -0.121. The first-order valence-corrected chi connectivity index (χ1v) is 10.4. The van der Waals surface area contributed by atoms with Crippen LogP contribution >= 0.6 is 50.9 Å². The molecule has 1 aliphatic rings. The minimum atomic E-state index is -0.583. The summed E-state index contributed by atoms with van der Waals surface area (Å²) in [5, 5.41) is 2.84. The SMILES string of the molecule is O=C(CS[C@H]1CC(=O)N(c2ccc(Br)cc2)C1=O)Nc1ccc(Cl)c(Cl)c1. The van der Waals surface area contributed by atoms with Gasteiger partial charge in [0, 0.05) is 16.6 Å². The lowest BCUT2D eigenvalue weighted by Crippen LogP contribution is -2.31. The van der Waals surface area contributed by atoms with Crippen molar-refractivity contribution in [1.82, 2.24) is 0 Å². The van der Waals surface area contributed by atoms with Gasteiger partial charge in [-0.1, -0.05) is 39.1 Å². The molecule has 0 spiro atoms. The summed E-state index contributed by atoms with van der Waals surface area (Å²) in [6.07, 6.45) is 0.0691. The van der Waals surface area contributed by atoms with Gasteiger partial charge in [0.25, 0.3) is 0 Å². The molecule has 1 fully saturated rings. The molecule has 1 N–H and O–H groups in total. The predicted octanol–water partition coefficient (Wildman–Crippen LogP) is 4.76. The Morgan fingerprint density at radius 2 is 1.85 bits per heavy atom. The zero-order valence-corrected chi connectivity index (χ0v) is 17.7. The number of anilines is 2. The Morgan fingerprint density at radius 1 is 1.15 bits per heavy atom. The van der Waals surface area contributed by atoms with Gasteiger partial charge < -0.3 is 5.32 Å². The number of halogens is 3. The summed E-state index contributed by atoms with van der Waals surface area (Å²) in [6.45, 7) is 0. The standard InChI is InChI=1S/C18H13BrCl2N2O3S/c19-10-1-4-12(5-2-10)23-17(25)8-15(18(23)26)27-9-16(24)22-11-3-6-13(20)14(21)7-11/h1-7,15H,8-9H2,(H,22,24)/t15-/m0/s1. The van der Waals surface area contributed by atoms with Crippen molar-refractivity contribution in [1.29, 1.82) is 0 Å². The summed E-state index contributed by atoms with van der Waals surface area (Å²) >= 11 is 16.2. The third-order valence-corrected chi connectivity index (χ3v) is 6.28. The number of rotatable bonds is 5. The van der Waals surface area contributed by atoms with E-state index in [1.807, 2.05) is 0 Å². The number of amides is 3. The molecule has 9 heteroatoms. The fourth-order valence-corrected chi connectivity index (χ4v) is 4.04. The first-order valence-electron chi connectivity index (χ1n) is 7.84. The van der Waals surface area contributed by atoms with Crippen molar-refractivity contribution in [3.05, 3.63) is 57.0 Å². The third kappa shape index (κ3) is 4.85. The van der Waals surface area contributed by atoms with Crippen LogP contribution in [0.15, 0.2) is 46.9 Å². The number of nitrogens with one attached hydrogen (secondary N) is 1. The number of hydrogen-bond acceptors (Lipinski definition) is 4. The van der Waals surface area contributed by atoms with E-state index in [9.17, 15) is 14.4 Å². The second-order valence-electron chi connectivity index (χ2n) is 5.72. The molecule has 0 saturated carbocycles. The highest BCUT2D eigenvalue weighted by molar-refractivity contribution is 9.10. The zero-order chi connectivity index (χ0) is 19.6. The number of nitrogens with zero attached hydrogens (tertiary/aromatic N) is 1. The van der Waals surface area contributed by atoms with E-state index in [4.69, 9.17) is 23.2 Å². The average molecular weight is 488 g/mol. The molecule has 1 saturated heterocycles. The van der Waals surface area contributed by atoms with Gasteiger partial charge in [-0.15, -0.1) is 11.8 Å². The molecule has 0 aliphatic carbocycles. The van der Waals surface area contributed by atoms with Crippen LogP contribution in [-0.4, -0.2) is 28.7 Å². The lowest BCUT2D eigenvalue weighted by Gasteiger charge is -2.15. The van der Waals surface area contributed by atoms with Crippen molar-refractivity contribution in [2.24, 2.45) is 0 Å². The monoisotopic (exact) mass is 486 g/mol. The molecule has 0 bridgehead atoms. The Bertz CT molecular complexity index is 908. The molecule has 2 aromatic rings. The minimum Gasteiger partial charge on any atom is -0.325 e. The molecule has 1 atom stereocenters. The summed E-state index contributed by atoms with van der Waals surface area (Å²) in [7, 11) is 0. The number of carbonyl (C=O) groups excluding carboxylic acids is 3. The molecule has 3 rings (SSSR count). The summed E-state index contributed by atoms with van der Waals surface area (Å²) < 4.78 is 0.857. The molecule has 27 heavy (non-hydrogen) atoms. The summed E-state index contributed by atoms with van der Waals surface area (Å²) in [5.41, 5.74) is 1.04. The van der Waals surface area contributed by atoms with Crippen LogP contribution in [0, 0.1) is 0 Å². The number of hydrogen-bond donors (Lipinski definition) is 1. The molecule has 0 radical (unpaired) electrons. The molecular formula is C18H13BrCl2N2O3S. The normalized spacial score (nSPS) is 16.7. The number of thioether (sulfide) groups is 1. The second-order valence-corrected chi connectivity index (χ2v) is 8.65. The maximum atomic E-state index is 12.6. The van der Waals surface area contributed by atoms with Crippen LogP contribution in [0.4, 0.5) is 11.4 Å². The van der Waals surface area contributed by atoms with Gasteiger partial charge in [0.05, 0.1) is 26.7 Å². The van der Waals surface area contributed by atoms with E-state index in [0.717, 1.165) is 16.2 Å². The van der Waals surface area contributed by atoms with Crippen molar-refractivity contribution >= 4 is 80.0 Å². The van der Waals surface area contributed by atoms with Crippen molar-refractivity contribution < 1.29 is 14.4 Å². The van der Waals surface area contributed by atoms with Crippen LogP contribution in [0.5, 0.6) is 0 Å². The van der Waals surface area contributed by atoms with Crippen LogP contribution in [-0.2, 0) is 14.4 Å². The van der Waals surface area contributed by atoms with Crippen molar-refractivity contribution in [3.63, 3.8) is 0 Å². The van der Waals surface area contributed by atoms with E-state index in [2.05, 4.69) is 21.2 Å². The first-order chi connectivity index (χ1) is 12.8. The van der Waals surface area contributed by atoms with Gasteiger partial charge in [-0.25, -0.2) is 4.90 Å². The van der Waals surface area contributed by atoms with Crippen LogP contribution < -0.4 is 10.2 Å². The number of carbonyl (C=O) groups is 3. The van der Waals surface area contributed by atoms with E-state index in [-0.39, 0.29) is 29.9 Å². The van der Waals surface area contributed by atoms with E-state index < -0.39 is 5.25 Å². The van der Waals surface area contributed by atoms with E-state index in [0.29, 0.717) is 21.4 Å². The fraction of sp³-hybridized carbons (Fsp3) is 0.167. The Balaban J connectivity index is 1.58. The summed E-state index contributed by atoms with van der Waals surface area (Å²) in [4.78, 5) is 38.1. The average Bonchev–Trinajstić information content (AvgIpc) is 2.91. The highest BCUT2D eigenvalue weighted by atomic mass is 79.9. The van der Waals surface area contributed by atoms with E-state index in [1.165, 1.54) is 4.90 Å². The Kier molecular flexibility index (Phi) is 6.47. The molecular weight excluding hydrogens is 475 g/mol. The quantitative estimate of drug-likeness (QED) is 0.617. The molecule has 3 amide bonds. The van der Waals surface area contributed by atoms with E-state index in [1.54, 1.807) is 42.5 Å². The van der Waals surface area contributed by atoms with Crippen molar-refractivity contribution in [2.75, 3.05) is 16.0 Å². The van der Waals surface area contributed by atoms with Gasteiger partial charge in [-0.05, 0) is 42.5 Å². The van der Waals surface area contributed by atoms with Crippen LogP contribution in [0.3, 0.4) is 0 Å². The van der Waals surface area contributed by atoms with Gasteiger partial charge in [-0.2, -0.15) is 0 Å². The van der Waals surface area contributed by atoms with Gasteiger partial charge >= 0.3 is 0 Å². The fourth-order valence-electron chi connectivity index (χ4n) is 2.54. The Morgan fingerprint density at radius 3 is 2.52 bits per heavy atom. The zero-order valence-electron chi connectivity index (χ0n) is 13.7. The van der Waals surface area contributed by atoms with Crippen LogP contribution in [0.25, 0.3) is 0 Å². The topological polar surface area (TPSA) is 66.5 Å². The maximum absolute atomic E-state index is 12.6. The molecule has 0 unspecified atom stereocenters. The Labute approximate surface area is 178 Å². The van der Waals surface area contributed by atoms with Crippen molar-refractivity contribution in [3.8, 4) is 0 Å². The molecule has 140 valence electrons. The second kappa shape index (κ2) is 8.65. The number of benzene rings is 2. The third-order valence-electron chi connectivity index (χ3n) is 3.81.